The molecule has 5 heteroatoms. The van der Waals surface area contributed by atoms with Crippen molar-refractivity contribution in [3.05, 3.63) is 63.6 Å². The molecule has 2 aromatic rings. The van der Waals surface area contributed by atoms with Crippen LogP contribution in [0.2, 0.25) is 0 Å². The molecule has 23 heavy (non-hydrogen) atoms. The summed E-state index contributed by atoms with van der Waals surface area (Å²) in [6.45, 7) is 5.81. The SMILES string of the molecule is CC1=C(n2cc(N)ccc2=O)c2cc(C#N)ccc2OC1(C)C. The fourth-order valence-corrected chi connectivity index (χ4v) is 2.70. The van der Waals surface area contributed by atoms with E-state index in [1.54, 1.807) is 30.5 Å². The molecule has 0 radical (unpaired) electrons. The third kappa shape index (κ3) is 2.38. The zero-order valence-electron chi connectivity index (χ0n) is 13.3. The van der Waals surface area contributed by atoms with Crippen molar-refractivity contribution in [3.8, 4) is 11.8 Å². The highest BCUT2D eigenvalue weighted by Crippen LogP contribution is 2.41. The van der Waals surface area contributed by atoms with Gasteiger partial charge >= 0.3 is 0 Å². The molecule has 0 aliphatic carbocycles. The first-order valence-electron chi connectivity index (χ1n) is 7.27. The quantitative estimate of drug-likeness (QED) is 0.878. The van der Waals surface area contributed by atoms with Crippen LogP contribution in [0.1, 0.15) is 31.9 Å². The molecule has 1 aliphatic rings. The number of aromatic nitrogens is 1. The zero-order chi connectivity index (χ0) is 16.8. The van der Waals surface area contributed by atoms with Crippen LogP contribution in [-0.2, 0) is 0 Å². The predicted octanol–water partition coefficient (Wildman–Crippen LogP) is 2.75. The van der Waals surface area contributed by atoms with E-state index in [0.29, 0.717) is 28.3 Å². The largest absolute Gasteiger partial charge is 0.483 e. The Labute approximate surface area is 134 Å². The van der Waals surface area contributed by atoms with E-state index < -0.39 is 5.60 Å². The van der Waals surface area contributed by atoms with Crippen LogP contribution >= 0.6 is 0 Å². The molecule has 2 N–H and O–H groups in total. The molecule has 2 heterocycles. The van der Waals surface area contributed by atoms with E-state index in [2.05, 4.69) is 6.07 Å². The summed E-state index contributed by atoms with van der Waals surface area (Å²) in [5.74, 6) is 0.643. The number of pyridine rings is 1. The van der Waals surface area contributed by atoms with Crippen LogP contribution < -0.4 is 16.0 Å². The number of fused-ring (bicyclic) bond motifs is 1. The van der Waals surface area contributed by atoms with Gasteiger partial charge in [0.1, 0.15) is 11.4 Å². The van der Waals surface area contributed by atoms with Gasteiger partial charge in [0.05, 0.1) is 17.3 Å². The van der Waals surface area contributed by atoms with Crippen LogP contribution in [0, 0.1) is 11.3 Å². The third-order valence-electron chi connectivity index (χ3n) is 4.16. The molecule has 0 unspecified atom stereocenters. The standard InChI is InChI=1S/C18H17N3O2/c1-11-17(21-10-13(20)5-7-16(21)22)14-8-12(9-19)4-6-15(14)23-18(11,2)3/h4-8,10H,20H2,1-3H3. The molecule has 0 fully saturated rings. The second kappa shape index (κ2) is 5.03. The number of benzene rings is 1. The molecule has 0 atom stereocenters. The van der Waals surface area contributed by atoms with Crippen molar-refractivity contribution in [1.29, 1.82) is 5.26 Å². The van der Waals surface area contributed by atoms with Crippen molar-refractivity contribution < 1.29 is 4.74 Å². The molecule has 116 valence electrons. The van der Waals surface area contributed by atoms with Gasteiger partial charge in [0.25, 0.3) is 5.56 Å². The van der Waals surface area contributed by atoms with E-state index in [0.717, 1.165) is 5.57 Å². The topological polar surface area (TPSA) is 81.0 Å². The van der Waals surface area contributed by atoms with Crippen molar-refractivity contribution in [2.45, 2.75) is 26.4 Å². The molecule has 0 saturated heterocycles. The van der Waals surface area contributed by atoms with E-state index in [-0.39, 0.29) is 5.56 Å². The Morgan fingerprint density at radius 1 is 1.26 bits per heavy atom. The summed E-state index contributed by atoms with van der Waals surface area (Å²) in [7, 11) is 0. The minimum Gasteiger partial charge on any atom is -0.483 e. The Morgan fingerprint density at radius 2 is 2.00 bits per heavy atom. The summed E-state index contributed by atoms with van der Waals surface area (Å²) in [5.41, 5.74) is 8.43. The molecule has 0 bridgehead atoms. The summed E-state index contributed by atoms with van der Waals surface area (Å²) in [6.07, 6.45) is 1.60. The highest BCUT2D eigenvalue weighted by Gasteiger charge is 2.33. The fraction of sp³-hybridized carbons (Fsp3) is 0.222. The van der Waals surface area contributed by atoms with E-state index in [9.17, 15) is 4.79 Å². The van der Waals surface area contributed by atoms with Gasteiger partial charge in [0, 0.05) is 23.5 Å². The van der Waals surface area contributed by atoms with Crippen molar-refractivity contribution in [1.82, 2.24) is 4.57 Å². The van der Waals surface area contributed by atoms with Crippen LogP contribution in [0.25, 0.3) is 5.70 Å². The lowest BCUT2D eigenvalue weighted by Gasteiger charge is -2.36. The lowest BCUT2D eigenvalue weighted by Crippen LogP contribution is -2.36. The maximum atomic E-state index is 12.4. The lowest BCUT2D eigenvalue weighted by atomic mass is 9.90. The Bertz CT molecular complexity index is 930. The Kier molecular flexibility index (Phi) is 3.26. The molecule has 0 saturated carbocycles. The van der Waals surface area contributed by atoms with Gasteiger partial charge in [-0.2, -0.15) is 5.26 Å². The monoisotopic (exact) mass is 307 g/mol. The van der Waals surface area contributed by atoms with Gasteiger partial charge in [-0.05, 0) is 50.6 Å². The minimum absolute atomic E-state index is 0.181. The van der Waals surface area contributed by atoms with Crippen molar-refractivity contribution >= 4 is 11.4 Å². The van der Waals surface area contributed by atoms with E-state index in [4.69, 9.17) is 15.7 Å². The van der Waals surface area contributed by atoms with Crippen molar-refractivity contribution in [3.63, 3.8) is 0 Å². The molecule has 1 aliphatic heterocycles. The fourth-order valence-electron chi connectivity index (χ4n) is 2.70. The molecule has 1 aromatic heterocycles. The van der Waals surface area contributed by atoms with Gasteiger partial charge in [-0.3, -0.25) is 9.36 Å². The molecular weight excluding hydrogens is 290 g/mol. The molecule has 1 aromatic carbocycles. The van der Waals surface area contributed by atoms with Gasteiger partial charge < -0.3 is 10.5 Å². The first kappa shape index (κ1) is 14.9. The summed E-state index contributed by atoms with van der Waals surface area (Å²) < 4.78 is 7.56. The van der Waals surface area contributed by atoms with E-state index >= 15 is 0 Å². The number of nitrogen functional groups attached to an aromatic ring is 1. The number of nitriles is 1. The van der Waals surface area contributed by atoms with Crippen LogP contribution in [0.4, 0.5) is 5.69 Å². The number of hydrogen-bond acceptors (Lipinski definition) is 4. The minimum atomic E-state index is -0.569. The molecule has 3 rings (SSSR count). The number of rotatable bonds is 1. The third-order valence-corrected chi connectivity index (χ3v) is 4.16. The second-order valence-corrected chi connectivity index (χ2v) is 6.08. The van der Waals surface area contributed by atoms with Crippen LogP contribution in [0.15, 0.2) is 46.9 Å². The predicted molar refractivity (Wildman–Crippen MR) is 89.0 cm³/mol. The van der Waals surface area contributed by atoms with Gasteiger partial charge in [-0.25, -0.2) is 0 Å². The van der Waals surface area contributed by atoms with Gasteiger partial charge in [-0.1, -0.05) is 0 Å². The molecule has 5 nitrogen and oxygen atoms in total. The summed E-state index contributed by atoms with van der Waals surface area (Å²) in [4.78, 5) is 12.4. The van der Waals surface area contributed by atoms with E-state index in [1.165, 1.54) is 10.6 Å². The average molecular weight is 307 g/mol. The van der Waals surface area contributed by atoms with Gasteiger partial charge in [-0.15, -0.1) is 0 Å². The highest BCUT2D eigenvalue weighted by atomic mass is 16.5. The molecule has 0 amide bonds. The molecular formula is C18H17N3O2. The number of nitrogens with two attached hydrogens (primary N) is 1. The van der Waals surface area contributed by atoms with Gasteiger partial charge in [0.15, 0.2) is 0 Å². The average Bonchev–Trinajstić information content (AvgIpc) is 2.51. The van der Waals surface area contributed by atoms with E-state index in [1.807, 2.05) is 20.8 Å². The van der Waals surface area contributed by atoms with Crippen LogP contribution in [0.5, 0.6) is 5.75 Å². The Hall–Kier alpha value is -3.00. The Morgan fingerprint density at radius 3 is 2.70 bits per heavy atom. The van der Waals surface area contributed by atoms with Crippen molar-refractivity contribution in [2.75, 3.05) is 5.73 Å². The zero-order valence-corrected chi connectivity index (χ0v) is 13.3. The van der Waals surface area contributed by atoms with Crippen LogP contribution in [-0.4, -0.2) is 10.2 Å². The van der Waals surface area contributed by atoms with Gasteiger partial charge in [0.2, 0.25) is 0 Å². The lowest BCUT2D eigenvalue weighted by molar-refractivity contribution is 0.143. The Balaban J connectivity index is 2.38. The summed E-state index contributed by atoms with van der Waals surface area (Å²) in [5, 5.41) is 9.17. The maximum Gasteiger partial charge on any atom is 0.255 e. The first-order chi connectivity index (χ1) is 10.8. The first-order valence-corrected chi connectivity index (χ1v) is 7.27. The summed E-state index contributed by atoms with van der Waals surface area (Å²) >= 11 is 0. The second-order valence-electron chi connectivity index (χ2n) is 6.08. The van der Waals surface area contributed by atoms with Crippen LogP contribution in [0.3, 0.4) is 0 Å². The van der Waals surface area contributed by atoms with Crippen molar-refractivity contribution in [2.24, 2.45) is 0 Å². The number of anilines is 1. The highest BCUT2D eigenvalue weighted by molar-refractivity contribution is 5.77. The maximum absolute atomic E-state index is 12.4. The summed E-state index contributed by atoms with van der Waals surface area (Å²) in [6, 6.07) is 10.3. The normalized spacial score (nSPS) is 15.6. The number of hydrogen-bond donors (Lipinski definition) is 1. The number of nitrogens with zero attached hydrogens (tertiary/aromatic N) is 2. The number of ether oxygens (including phenoxy) is 1. The smallest absolute Gasteiger partial charge is 0.255 e. The molecule has 0 spiro atoms.